The predicted molar refractivity (Wildman–Crippen MR) is 127 cm³/mol. The number of carbonyl (C=O) groups is 2. The van der Waals surface area contributed by atoms with Gasteiger partial charge in [0.25, 0.3) is 0 Å². The number of ether oxygens (including phenoxy) is 1. The molecule has 7 N–H and O–H groups in total. The highest BCUT2D eigenvalue weighted by molar-refractivity contribution is 7.52. The van der Waals surface area contributed by atoms with E-state index in [1.165, 1.54) is 17.2 Å². The standard InChI is InChI=1S/C20H24N7O9P/c28-13(29)6-21-10-37(33,34)35-7-12-15(30)16(31)19(36-12)27-9-24-14-17(22-8-23-18(14)27)26-20(32)25-11-4-2-1-3-5-11/h1-5,8-9,12,15-16,19,21,30-31H,6-7,10H2,(H,28,29)(H,33,34)(H2,22,23,25,26,32)/t12-,15?,16+,19-/m1/s1. The summed E-state index contributed by atoms with van der Waals surface area (Å²) >= 11 is 0. The lowest BCUT2D eigenvalue weighted by Gasteiger charge is -2.18. The van der Waals surface area contributed by atoms with Gasteiger partial charge in [0.2, 0.25) is 0 Å². The van der Waals surface area contributed by atoms with Crippen molar-refractivity contribution in [3.05, 3.63) is 43.0 Å². The summed E-state index contributed by atoms with van der Waals surface area (Å²) in [5, 5.41) is 37.0. The number of nitrogens with one attached hydrogen (secondary N) is 3. The topological polar surface area (TPSA) is 230 Å². The molecule has 0 aliphatic carbocycles. The summed E-state index contributed by atoms with van der Waals surface area (Å²) in [6.07, 6.45) is -3.57. The minimum Gasteiger partial charge on any atom is -0.480 e. The second-order valence-electron chi connectivity index (χ2n) is 7.95. The van der Waals surface area contributed by atoms with Gasteiger partial charge in [-0.15, -0.1) is 0 Å². The van der Waals surface area contributed by atoms with Crippen LogP contribution in [0.2, 0.25) is 0 Å². The molecule has 2 amide bonds. The molecule has 0 saturated carbocycles. The van der Waals surface area contributed by atoms with Crippen molar-refractivity contribution in [2.24, 2.45) is 0 Å². The number of aromatic nitrogens is 4. The molecule has 2 aromatic heterocycles. The van der Waals surface area contributed by atoms with Gasteiger partial charge in [-0.3, -0.25) is 24.6 Å². The van der Waals surface area contributed by atoms with Crippen molar-refractivity contribution in [1.29, 1.82) is 0 Å². The first-order valence-corrected chi connectivity index (χ1v) is 12.6. The Balaban J connectivity index is 1.43. The highest BCUT2D eigenvalue weighted by Gasteiger charge is 2.45. The van der Waals surface area contributed by atoms with E-state index < -0.39 is 63.6 Å². The monoisotopic (exact) mass is 537 g/mol. The van der Waals surface area contributed by atoms with Crippen molar-refractivity contribution in [3.8, 4) is 0 Å². The van der Waals surface area contributed by atoms with E-state index in [1.807, 2.05) is 0 Å². The molecule has 4 rings (SSSR count). The number of urea groups is 1. The molecule has 1 saturated heterocycles. The van der Waals surface area contributed by atoms with Crippen molar-refractivity contribution in [2.45, 2.75) is 24.5 Å². The summed E-state index contributed by atoms with van der Waals surface area (Å²) in [5.41, 5.74) is 0.916. The molecule has 2 unspecified atom stereocenters. The normalized spacial score (nSPS) is 23.0. The zero-order chi connectivity index (χ0) is 26.6. The third-order valence-electron chi connectivity index (χ3n) is 5.26. The van der Waals surface area contributed by atoms with Gasteiger partial charge in [0.1, 0.15) is 24.6 Å². The van der Waals surface area contributed by atoms with E-state index >= 15 is 0 Å². The quantitative estimate of drug-likeness (QED) is 0.168. The fraction of sp³-hybridized carbons (Fsp3) is 0.350. The fourth-order valence-electron chi connectivity index (χ4n) is 3.56. The van der Waals surface area contributed by atoms with Crippen molar-refractivity contribution < 1.29 is 43.6 Å². The maximum atomic E-state index is 12.4. The summed E-state index contributed by atoms with van der Waals surface area (Å²) < 4.78 is 24.0. The highest BCUT2D eigenvalue weighted by atomic mass is 31.2. The second kappa shape index (κ2) is 11.3. The molecular formula is C20H24N7O9P. The van der Waals surface area contributed by atoms with Gasteiger partial charge in [-0.1, -0.05) is 18.2 Å². The van der Waals surface area contributed by atoms with Gasteiger partial charge in [0.05, 0.1) is 25.8 Å². The van der Waals surface area contributed by atoms with E-state index in [0.717, 1.165) is 0 Å². The number of para-hydroxylation sites is 1. The molecule has 37 heavy (non-hydrogen) atoms. The molecule has 17 heteroatoms. The minimum atomic E-state index is -4.25. The first kappa shape index (κ1) is 26.6. The fourth-order valence-corrected chi connectivity index (χ4v) is 4.42. The second-order valence-corrected chi connectivity index (χ2v) is 9.80. The molecule has 198 valence electrons. The van der Waals surface area contributed by atoms with Crippen LogP contribution in [-0.4, -0.2) is 89.5 Å². The molecule has 3 aromatic rings. The molecule has 1 aliphatic heterocycles. The molecule has 0 bridgehead atoms. The van der Waals surface area contributed by atoms with E-state index in [4.69, 9.17) is 14.4 Å². The number of carboxylic acid groups (broad SMARTS) is 1. The van der Waals surface area contributed by atoms with Crippen LogP contribution in [0.5, 0.6) is 0 Å². The summed E-state index contributed by atoms with van der Waals surface area (Å²) in [4.78, 5) is 45.1. The van der Waals surface area contributed by atoms with E-state index in [-0.39, 0.29) is 17.0 Å². The average Bonchev–Trinajstić information content (AvgIpc) is 3.40. The number of rotatable bonds is 10. The van der Waals surface area contributed by atoms with Crippen LogP contribution in [0.15, 0.2) is 43.0 Å². The summed E-state index contributed by atoms with van der Waals surface area (Å²) in [5.74, 6) is -1.13. The molecule has 5 atom stereocenters. The number of hydrogen-bond acceptors (Lipinski definition) is 11. The number of amides is 2. The molecule has 0 spiro atoms. The molecule has 0 radical (unpaired) electrons. The van der Waals surface area contributed by atoms with E-state index in [0.29, 0.717) is 5.69 Å². The van der Waals surface area contributed by atoms with Crippen molar-refractivity contribution in [2.75, 3.05) is 30.1 Å². The molecule has 1 aliphatic rings. The van der Waals surface area contributed by atoms with E-state index in [9.17, 15) is 29.3 Å². The van der Waals surface area contributed by atoms with Crippen molar-refractivity contribution in [3.63, 3.8) is 0 Å². The minimum absolute atomic E-state index is 0.0835. The molecule has 1 fully saturated rings. The van der Waals surface area contributed by atoms with Crippen molar-refractivity contribution in [1.82, 2.24) is 24.8 Å². The third-order valence-corrected chi connectivity index (χ3v) is 6.44. The van der Waals surface area contributed by atoms with Crippen LogP contribution in [0.3, 0.4) is 0 Å². The van der Waals surface area contributed by atoms with Gasteiger partial charge < -0.3 is 34.8 Å². The van der Waals surface area contributed by atoms with Gasteiger partial charge in [-0.2, -0.15) is 0 Å². The Morgan fingerprint density at radius 3 is 2.59 bits per heavy atom. The number of anilines is 2. The average molecular weight is 537 g/mol. The van der Waals surface area contributed by atoms with Gasteiger partial charge in [0, 0.05) is 5.69 Å². The smallest absolute Gasteiger partial charge is 0.341 e. The number of aliphatic carboxylic acids is 1. The number of aliphatic hydroxyl groups excluding tert-OH is 2. The Labute approximate surface area is 208 Å². The first-order chi connectivity index (χ1) is 17.6. The summed E-state index contributed by atoms with van der Waals surface area (Å²) in [7, 11) is -4.25. The zero-order valence-corrected chi connectivity index (χ0v) is 19.9. The number of fused-ring (bicyclic) bond motifs is 1. The van der Waals surface area contributed by atoms with Crippen LogP contribution >= 0.6 is 7.60 Å². The lowest BCUT2D eigenvalue weighted by atomic mass is 10.1. The number of aliphatic hydroxyl groups is 2. The number of imidazole rings is 1. The van der Waals surface area contributed by atoms with E-state index in [2.05, 4.69) is 30.9 Å². The van der Waals surface area contributed by atoms with Crippen LogP contribution in [-0.2, 0) is 18.6 Å². The molecule has 3 heterocycles. The Bertz CT molecular complexity index is 1310. The maximum absolute atomic E-state index is 12.4. The third kappa shape index (κ3) is 6.44. The Hall–Kier alpha value is -3.50. The van der Waals surface area contributed by atoms with E-state index in [1.54, 1.807) is 30.3 Å². The number of carboxylic acids is 1. The number of nitrogens with zero attached hydrogens (tertiary/aromatic N) is 4. The number of benzene rings is 1. The van der Waals surface area contributed by atoms with Crippen LogP contribution in [0.4, 0.5) is 16.3 Å². The van der Waals surface area contributed by atoms with Gasteiger partial charge in [0.15, 0.2) is 23.2 Å². The Morgan fingerprint density at radius 1 is 1.11 bits per heavy atom. The zero-order valence-electron chi connectivity index (χ0n) is 19.0. The van der Waals surface area contributed by atoms with Crippen LogP contribution in [0, 0.1) is 0 Å². The van der Waals surface area contributed by atoms with Crippen LogP contribution in [0.1, 0.15) is 6.23 Å². The Morgan fingerprint density at radius 2 is 1.86 bits per heavy atom. The molecule has 16 nitrogen and oxygen atoms in total. The largest absolute Gasteiger partial charge is 0.480 e. The number of hydrogen-bond donors (Lipinski definition) is 7. The molecule has 1 aromatic carbocycles. The first-order valence-electron chi connectivity index (χ1n) is 10.9. The predicted octanol–water partition coefficient (Wildman–Crippen LogP) is -0.0768. The maximum Gasteiger partial charge on any atom is 0.341 e. The molecular weight excluding hydrogens is 513 g/mol. The van der Waals surface area contributed by atoms with Crippen molar-refractivity contribution >= 4 is 42.3 Å². The lowest BCUT2D eigenvalue weighted by Crippen LogP contribution is -2.34. The van der Waals surface area contributed by atoms with Gasteiger partial charge >= 0.3 is 19.6 Å². The Kier molecular flexibility index (Phi) is 8.09. The summed E-state index contributed by atoms with van der Waals surface area (Å²) in [6.45, 7) is -1.11. The number of carbonyl (C=O) groups excluding carboxylic acids is 1. The summed E-state index contributed by atoms with van der Waals surface area (Å²) in [6, 6.07) is 8.16. The SMILES string of the molecule is O=C(O)CNCP(=O)(O)OC[C@H]1O[C@@H](n2cnc3c(NC(=O)Nc4ccccc4)ncnc32)[C@@H](O)C1O. The van der Waals surface area contributed by atoms with Crippen LogP contribution in [0.25, 0.3) is 11.2 Å². The highest BCUT2D eigenvalue weighted by Crippen LogP contribution is 2.42. The van der Waals surface area contributed by atoms with Gasteiger partial charge in [-0.05, 0) is 12.1 Å². The van der Waals surface area contributed by atoms with Gasteiger partial charge in [-0.25, -0.2) is 19.7 Å². The van der Waals surface area contributed by atoms with Crippen LogP contribution < -0.4 is 16.0 Å². The lowest BCUT2D eigenvalue weighted by molar-refractivity contribution is -0.135.